The number of ether oxygens (including phenoxy) is 1. The lowest BCUT2D eigenvalue weighted by Crippen LogP contribution is -2.22. The van der Waals surface area contributed by atoms with Crippen LogP contribution in [0, 0.1) is 5.92 Å². The molecule has 0 aliphatic rings. The van der Waals surface area contributed by atoms with Gasteiger partial charge in [-0.25, -0.2) is 0 Å². The molecule has 0 fully saturated rings. The second kappa shape index (κ2) is 7.67. The van der Waals surface area contributed by atoms with Gasteiger partial charge in [0.15, 0.2) is 0 Å². The summed E-state index contributed by atoms with van der Waals surface area (Å²) >= 11 is 0. The van der Waals surface area contributed by atoms with E-state index in [0.717, 1.165) is 12.8 Å². The number of rotatable bonds is 7. The lowest BCUT2D eigenvalue weighted by atomic mass is 10.1. The van der Waals surface area contributed by atoms with Crippen LogP contribution in [0.4, 0.5) is 5.69 Å². The van der Waals surface area contributed by atoms with E-state index in [9.17, 15) is 4.79 Å². The summed E-state index contributed by atoms with van der Waals surface area (Å²) in [4.78, 5) is 11.7. The standard InChI is InChI=1S/C15H24N2O2/c1-4-17-15(18)12-7-8-13(16)14(10-12)19-9-5-6-11(2)3/h7-8,10-11H,4-6,9,16H2,1-3H3,(H,17,18). The van der Waals surface area contributed by atoms with E-state index in [1.54, 1.807) is 18.2 Å². The highest BCUT2D eigenvalue weighted by molar-refractivity contribution is 5.95. The summed E-state index contributed by atoms with van der Waals surface area (Å²) < 4.78 is 5.65. The third-order valence-corrected chi connectivity index (χ3v) is 2.80. The van der Waals surface area contributed by atoms with Crippen LogP contribution in [0.25, 0.3) is 0 Å². The number of hydrogen-bond donors (Lipinski definition) is 2. The first-order chi connectivity index (χ1) is 9.04. The quantitative estimate of drug-likeness (QED) is 0.588. The third-order valence-electron chi connectivity index (χ3n) is 2.80. The SMILES string of the molecule is CCNC(=O)c1ccc(N)c(OCCCC(C)C)c1. The summed E-state index contributed by atoms with van der Waals surface area (Å²) in [5.41, 5.74) is 6.99. The molecule has 0 radical (unpaired) electrons. The second-order valence-corrected chi connectivity index (χ2v) is 5.00. The topological polar surface area (TPSA) is 64.4 Å². The normalized spacial score (nSPS) is 10.5. The molecular formula is C15H24N2O2. The van der Waals surface area contributed by atoms with Gasteiger partial charge in [-0.05, 0) is 43.9 Å². The smallest absolute Gasteiger partial charge is 0.251 e. The van der Waals surface area contributed by atoms with Crippen molar-refractivity contribution >= 4 is 11.6 Å². The Labute approximate surface area is 115 Å². The van der Waals surface area contributed by atoms with E-state index >= 15 is 0 Å². The minimum atomic E-state index is -0.102. The number of nitrogens with two attached hydrogens (primary N) is 1. The Bertz CT molecular complexity index is 417. The summed E-state index contributed by atoms with van der Waals surface area (Å²) in [6, 6.07) is 5.12. The summed E-state index contributed by atoms with van der Waals surface area (Å²) in [5.74, 6) is 1.16. The monoisotopic (exact) mass is 264 g/mol. The molecule has 1 rings (SSSR count). The number of benzene rings is 1. The van der Waals surface area contributed by atoms with Gasteiger partial charge in [-0.1, -0.05) is 13.8 Å². The highest BCUT2D eigenvalue weighted by atomic mass is 16.5. The van der Waals surface area contributed by atoms with Gasteiger partial charge in [0.05, 0.1) is 12.3 Å². The molecule has 0 aromatic heterocycles. The average molecular weight is 264 g/mol. The van der Waals surface area contributed by atoms with Crippen LogP contribution in [0.3, 0.4) is 0 Å². The maximum absolute atomic E-state index is 11.7. The van der Waals surface area contributed by atoms with E-state index < -0.39 is 0 Å². The molecule has 1 aromatic rings. The molecular weight excluding hydrogens is 240 g/mol. The van der Waals surface area contributed by atoms with E-state index in [2.05, 4.69) is 19.2 Å². The number of hydrogen-bond acceptors (Lipinski definition) is 3. The first-order valence-corrected chi connectivity index (χ1v) is 6.85. The van der Waals surface area contributed by atoms with Gasteiger partial charge in [0.2, 0.25) is 0 Å². The van der Waals surface area contributed by atoms with E-state index in [4.69, 9.17) is 10.5 Å². The molecule has 3 N–H and O–H groups in total. The molecule has 0 bridgehead atoms. The molecule has 4 nitrogen and oxygen atoms in total. The van der Waals surface area contributed by atoms with Gasteiger partial charge >= 0.3 is 0 Å². The zero-order chi connectivity index (χ0) is 14.3. The molecule has 0 unspecified atom stereocenters. The lowest BCUT2D eigenvalue weighted by Gasteiger charge is -2.11. The van der Waals surface area contributed by atoms with Gasteiger partial charge < -0.3 is 15.8 Å². The van der Waals surface area contributed by atoms with Crippen molar-refractivity contribution in [2.75, 3.05) is 18.9 Å². The lowest BCUT2D eigenvalue weighted by molar-refractivity contribution is 0.0955. The van der Waals surface area contributed by atoms with Crippen molar-refractivity contribution in [2.45, 2.75) is 33.6 Å². The maximum atomic E-state index is 11.7. The molecule has 4 heteroatoms. The summed E-state index contributed by atoms with van der Waals surface area (Å²) in [6.07, 6.45) is 2.11. The molecule has 19 heavy (non-hydrogen) atoms. The van der Waals surface area contributed by atoms with Gasteiger partial charge in [-0.2, -0.15) is 0 Å². The molecule has 106 valence electrons. The third kappa shape index (κ3) is 5.20. The summed E-state index contributed by atoms with van der Waals surface area (Å²) in [6.45, 7) is 7.49. The number of amides is 1. The first-order valence-electron chi connectivity index (χ1n) is 6.85. The van der Waals surface area contributed by atoms with Crippen molar-refractivity contribution in [3.8, 4) is 5.75 Å². The van der Waals surface area contributed by atoms with E-state index in [1.807, 2.05) is 6.92 Å². The minimum Gasteiger partial charge on any atom is -0.491 e. The summed E-state index contributed by atoms with van der Waals surface area (Å²) in [5, 5.41) is 2.76. The second-order valence-electron chi connectivity index (χ2n) is 5.00. The fourth-order valence-electron chi connectivity index (χ4n) is 1.74. The number of nitrogen functional groups attached to an aromatic ring is 1. The molecule has 0 heterocycles. The molecule has 1 amide bonds. The van der Waals surface area contributed by atoms with Gasteiger partial charge in [0, 0.05) is 12.1 Å². The number of nitrogens with one attached hydrogen (secondary N) is 1. The Morgan fingerprint density at radius 1 is 1.42 bits per heavy atom. The van der Waals surface area contributed by atoms with E-state index in [1.165, 1.54) is 0 Å². The Morgan fingerprint density at radius 3 is 2.79 bits per heavy atom. The van der Waals surface area contributed by atoms with Crippen LogP contribution in [0.5, 0.6) is 5.75 Å². The molecule has 0 atom stereocenters. The average Bonchev–Trinajstić information content (AvgIpc) is 2.36. The predicted octanol–water partition coefficient (Wildman–Crippen LogP) is 2.83. The van der Waals surface area contributed by atoms with Crippen molar-refractivity contribution < 1.29 is 9.53 Å². The number of anilines is 1. The Hall–Kier alpha value is -1.71. The van der Waals surface area contributed by atoms with Crippen LogP contribution in [0.15, 0.2) is 18.2 Å². The van der Waals surface area contributed by atoms with Crippen molar-refractivity contribution in [3.05, 3.63) is 23.8 Å². The number of carbonyl (C=O) groups is 1. The molecule has 0 aliphatic carbocycles. The van der Waals surface area contributed by atoms with Gasteiger partial charge in [-0.3, -0.25) is 4.79 Å². The fraction of sp³-hybridized carbons (Fsp3) is 0.533. The molecule has 0 saturated heterocycles. The van der Waals surface area contributed by atoms with Crippen LogP contribution >= 0.6 is 0 Å². The van der Waals surface area contributed by atoms with Gasteiger partial charge in [0.1, 0.15) is 5.75 Å². The largest absolute Gasteiger partial charge is 0.491 e. The zero-order valence-electron chi connectivity index (χ0n) is 12.0. The fourth-order valence-corrected chi connectivity index (χ4v) is 1.74. The van der Waals surface area contributed by atoms with Gasteiger partial charge in [-0.15, -0.1) is 0 Å². The van der Waals surface area contributed by atoms with Crippen molar-refractivity contribution in [1.29, 1.82) is 0 Å². The molecule has 0 spiro atoms. The van der Waals surface area contributed by atoms with E-state index in [0.29, 0.717) is 36.1 Å². The van der Waals surface area contributed by atoms with Crippen LogP contribution in [0.1, 0.15) is 44.0 Å². The van der Waals surface area contributed by atoms with Crippen molar-refractivity contribution in [3.63, 3.8) is 0 Å². The Kier molecular flexibility index (Phi) is 6.19. The summed E-state index contributed by atoms with van der Waals surface area (Å²) in [7, 11) is 0. The predicted molar refractivity (Wildman–Crippen MR) is 78.4 cm³/mol. The highest BCUT2D eigenvalue weighted by Gasteiger charge is 2.08. The first kappa shape index (κ1) is 15.3. The Morgan fingerprint density at radius 2 is 2.16 bits per heavy atom. The molecule has 0 saturated carbocycles. The Balaban J connectivity index is 2.61. The minimum absolute atomic E-state index is 0.102. The highest BCUT2D eigenvalue weighted by Crippen LogP contribution is 2.23. The molecule has 0 aliphatic heterocycles. The number of carbonyl (C=O) groups excluding carboxylic acids is 1. The van der Waals surface area contributed by atoms with Crippen molar-refractivity contribution in [2.24, 2.45) is 5.92 Å². The van der Waals surface area contributed by atoms with Crippen LogP contribution in [-0.2, 0) is 0 Å². The molecule has 1 aromatic carbocycles. The van der Waals surface area contributed by atoms with Gasteiger partial charge in [0.25, 0.3) is 5.91 Å². The maximum Gasteiger partial charge on any atom is 0.251 e. The van der Waals surface area contributed by atoms with E-state index in [-0.39, 0.29) is 5.91 Å². The van der Waals surface area contributed by atoms with Crippen LogP contribution in [0.2, 0.25) is 0 Å². The van der Waals surface area contributed by atoms with Crippen LogP contribution < -0.4 is 15.8 Å². The van der Waals surface area contributed by atoms with Crippen LogP contribution in [-0.4, -0.2) is 19.1 Å². The zero-order valence-corrected chi connectivity index (χ0v) is 12.0. The van der Waals surface area contributed by atoms with Crippen molar-refractivity contribution in [1.82, 2.24) is 5.32 Å².